The van der Waals surface area contributed by atoms with Gasteiger partial charge in [0.05, 0.1) is 6.10 Å². The topological polar surface area (TPSA) is 50.8 Å². The third kappa shape index (κ3) is 10.8. The molecule has 0 aromatic carbocycles. The molecule has 1 fully saturated rings. The third-order valence-electron chi connectivity index (χ3n) is 4.99. The number of hydrogen-bond donors (Lipinski definition) is 1. The molecule has 1 aliphatic rings. The Bertz CT molecular complexity index is 337. The van der Waals surface area contributed by atoms with Crippen LogP contribution >= 0.6 is 0 Å². The summed E-state index contributed by atoms with van der Waals surface area (Å²) in [6.07, 6.45) is 8.56. The van der Waals surface area contributed by atoms with Crippen LogP contribution in [0.2, 0.25) is 0 Å². The first kappa shape index (κ1) is 22.4. The second-order valence-electron chi connectivity index (χ2n) is 7.14. The number of likely N-dealkylation sites (tertiary alicyclic amines) is 1. The van der Waals surface area contributed by atoms with Crippen LogP contribution in [-0.2, 0) is 14.3 Å². The monoisotopic (exact) mass is 358 g/mol. The summed E-state index contributed by atoms with van der Waals surface area (Å²) in [5, 5.41) is 2.90. The Balaban J connectivity index is 0.00000625. The number of unbranched alkanes of at least 4 members (excludes halogenated alkanes) is 1. The lowest BCUT2D eigenvalue weighted by molar-refractivity contribution is -0.121. The molecule has 1 amide bonds. The minimum Gasteiger partial charge on any atom is -0.381 e. The number of piperidine rings is 1. The Morgan fingerprint density at radius 1 is 1.16 bits per heavy atom. The summed E-state index contributed by atoms with van der Waals surface area (Å²) in [6, 6.07) is 0.707. The molecule has 0 aliphatic carbocycles. The molecule has 5 nitrogen and oxygen atoms in total. The molecule has 150 valence electrons. The van der Waals surface area contributed by atoms with Crippen LogP contribution in [-0.4, -0.2) is 62.4 Å². The lowest BCUT2D eigenvalue weighted by Gasteiger charge is -2.35. The fraction of sp³-hybridized carbons (Fsp3) is 0.950. The SMILES string of the molecule is CCCC(=O)NCCCOCCCCOC1CCN(C(C)CC)CC1.[HH]. The van der Waals surface area contributed by atoms with E-state index >= 15 is 0 Å². The van der Waals surface area contributed by atoms with Gasteiger partial charge >= 0.3 is 0 Å². The van der Waals surface area contributed by atoms with Crippen molar-refractivity contribution in [3.05, 3.63) is 0 Å². The van der Waals surface area contributed by atoms with Crippen molar-refractivity contribution < 1.29 is 15.7 Å². The third-order valence-corrected chi connectivity index (χ3v) is 4.99. The Kier molecular flexibility index (Phi) is 13.0. The molecule has 0 spiro atoms. The Hall–Kier alpha value is -0.650. The van der Waals surface area contributed by atoms with E-state index in [0.29, 0.717) is 18.6 Å². The minimum absolute atomic E-state index is 0. The van der Waals surface area contributed by atoms with Gasteiger partial charge in [0, 0.05) is 53.3 Å². The average molecular weight is 359 g/mol. The fourth-order valence-electron chi connectivity index (χ4n) is 3.12. The van der Waals surface area contributed by atoms with Crippen molar-refractivity contribution in [3.63, 3.8) is 0 Å². The highest BCUT2D eigenvalue weighted by molar-refractivity contribution is 5.75. The lowest BCUT2D eigenvalue weighted by atomic mass is 10.1. The van der Waals surface area contributed by atoms with Gasteiger partial charge < -0.3 is 19.7 Å². The number of carbonyl (C=O) groups excluding carboxylic acids is 1. The molecule has 1 atom stereocenters. The number of hydrogen-bond acceptors (Lipinski definition) is 4. The Labute approximate surface area is 156 Å². The van der Waals surface area contributed by atoms with E-state index in [1.807, 2.05) is 6.92 Å². The maximum Gasteiger partial charge on any atom is 0.219 e. The molecule has 0 bridgehead atoms. The summed E-state index contributed by atoms with van der Waals surface area (Å²) in [5.41, 5.74) is 0. The summed E-state index contributed by atoms with van der Waals surface area (Å²) in [7, 11) is 0. The fourth-order valence-corrected chi connectivity index (χ4v) is 3.12. The second-order valence-corrected chi connectivity index (χ2v) is 7.14. The molecule has 25 heavy (non-hydrogen) atoms. The van der Waals surface area contributed by atoms with Gasteiger partial charge in [-0.05, 0) is 51.9 Å². The smallest absolute Gasteiger partial charge is 0.219 e. The summed E-state index contributed by atoms with van der Waals surface area (Å²) in [4.78, 5) is 13.9. The van der Waals surface area contributed by atoms with Gasteiger partial charge in [-0.3, -0.25) is 4.79 Å². The van der Waals surface area contributed by atoms with Crippen LogP contribution in [0.4, 0.5) is 0 Å². The molecule has 1 aliphatic heterocycles. The number of nitrogens with zero attached hydrogens (tertiary/aromatic N) is 1. The van der Waals surface area contributed by atoms with Gasteiger partial charge in [-0.1, -0.05) is 13.8 Å². The van der Waals surface area contributed by atoms with Gasteiger partial charge in [-0.15, -0.1) is 0 Å². The molecular formula is C20H42N2O3. The Morgan fingerprint density at radius 3 is 2.52 bits per heavy atom. The first-order valence-electron chi connectivity index (χ1n) is 10.4. The highest BCUT2D eigenvalue weighted by Crippen LogP contribution is 2.17. The van der Waals surface area contributed by atoms with Crippen molar-refractivity contribution in [3.8, 4) is 0 Å². The van der Waals surface area contributed by atoms with E-state index in [1.54, 1.807) is 0 Å². The zero-order chi connectivity index (χ0) is 18.3. The molecule has 0 aromatic rings. The standard InChI is InChI=1S/C20H40N2O3.H2/c1-4-9-20(23)21-12-8-16-24-15-6-7-17-25-19-10-13-22(14-11-19)18(3)5-2;/h18-19H,4-17H2,1-3H3,(H,21,23);1H. The van der Waals surface area contributed by atoms with E-state index in [9.17, 15) is 4.79 Å². The summed E-state index contributed by atoms with van der Waals surface area (Å²) in [5.74, 6) is 0.148. The Morgan fingerprint density at radius 2 is 1.84 bits per heavy atom. The largest absolute Gasteiger partial charge is 0.381 e. The lowest BCUT2D eigenvalue weighted by Crippen LogP contribution is -2.41. The quantitative estimate of drug-likeness (QED) is 0.482. The van der Waals surface area contributed by atoms with Gasteiger partial charge in [0.15, 0.2) is 0 Å². The molecule has 0 saturated carbocycles. The van der Waals surface area contributed by atoms with E-state index in [-0.39, 0.29) is 7.33 Å². The number of rotatable bonds is 14. The van der Waals surface area contributed by atoms with Crippen LogP contribution in [0, 0.1) is 0 Å². The minimum atomic E-state index is 0. The first-order valence-corrected chi connectivity index (χ1v) is 10.4. The molecule has 0 radical (unpaired) electrons. The van der Waals surface area contributed by atoms with Crippen molar-refractivity contribution in [1.29, 1.82) is 0 Å². The van der Waals surface area contributed by atoms with Crippen molar-refractivity contribution >= 4 is 5.91 Å². The number of nitrogens with one attached hydrogen (secondary N) is 1. The molecule has 1 rings (SSSR count). The predicted octanol–water partition coefficient (Wildman–Crippen LogP) is 3.62. The zero-order valence-electron chi connectivity index (χ0n) is 16.7. The second kappa shape index (κ2) is 14.5. The highest BCUT2D eigenvalue weighted by atomic mass is 16.5. The number of carbonyl (C=O) groups is 1. The van der Waals surface area contributed by atoms with Gasteiger partial charge in [-0.2, -0.15) is 0 Å². The maximum atomic E-state index is 11.3. The first-order chi connectivity index (χ1) is 12.2. The molecule has 1 heterocycles. The normalized spacial score (nSPS) is 17.6. The molecule has 0 aromatic heterocycles. The number of ether oxygens (including phenoxy) is 2. The molecular weight excluding hydrogens is 316 g/mol. The van der Waals surface area contributed by atoms with Crippen LogP contribution in [0.25, 0.3) is 0 Å². The van der Waals surface area contributed by atoms with Crippen LogP contribution in [0.1, 0.15) is 73.6 Å². The molecule has 1 N–H and O–H groups in total. The summed E-state index contributed by atoms with van der Waals surface area (Å²) < 4.78 is 11.6. The van der Waals surface area contributed by atoms with Crippen molar-refractivity contribution in [2.24, 2.45) is 0 Å². The van der Waals surface area contributed by atoms with Gasteiger partial charge in [-0.25, -0.2) is 0 Å². The van der Waals surface area contributed by atoms with E-state index in [4.69, 9.17) is 9.47 Å². The van der Waals surface area contributed by atoms with Gasteiger partial charge in [0.1, 0.15) is 0 Å². The van der Waals surface area contributed by atoms with Crippen molar-refractivity contribution in [2.45, 2.75) is 84.3 Å². The van der Waals surface area contributed by atoms with E-state index in [2.05, 4.69) is 24.1 Å². The van der Waals surface area contributed by atoms with Crippen LogP contribution < -0.4 is 5.32 Å². The van der Waals surface area contributed by atoms with Crippen molar-refractivity contribution in [2.75, 3.05) is 39.5 Å². The van der Waals surface area contributed by atoms with Crippen molar-refractivity contribution in [1.82, 2.24) is 10.2 Å². The van der Waals surface area contributed by atoms with E-state index in [0.717, 1.165) is 52.0 Å². The molecule has 1 unspecified atom stereocenters. The van der Waals surface area contributed by atoms with Crippen LogP contribution in [0.3, 0.4) is 0 Å². The van der Waals surface area contributed by atoms with E-state index < -0.39 is 0 Å². The summed E-state index contributed by atoms with van der Waals surface area (Å²) in [6.45, 7) is 12.0. The molecule has 5 heteroatoms. The number of amides is 1. The highest BCUT2D eigenvalue weighted by Gasteiger charge is 2.21. The maximum absolute atomic E-state index is 11.3. The molecule has 1 saturated heterocycles. The van der Waals surface area contributed by atoms with Crippen LogP contribution in [0.15, 0.2) is 0 Å². The summed E-state index contributed by atoms with van der Waals surface area (Å²) >= 11 is 0. The average Bonchev–Trinajstić information content (AvgIpc) is 2.63. The van der Waals surface area contributed by atoms with Crippen LogP contribution in [0.5, 0.6) is 0 Å². The van der Waals surface area contributed by atoms with Gasteiger partial charge in [0.2, 0.25) is 5.91 Å². The predicted molar refractivity (Wildman–Crippen MR) is 105 cm³/mol. The van der Waals surface area contributed by atoms with E-state index in [1.165, 1.54) is 32.4 Å². The van der Waals surface area contributed by atoms with Gasteiger partial charge in [0.25, 0.3) is 0 Å². The zero-order valence-corrected chi connectivity index (χ0v) is 16.7.